The number of nitrogens with zero attached hydrogens (tertiary/aromatic N) is 1. The first-order valence-electron chi connectivity index (χ1n) is 11.3. The van der Waals surface area contributed by atoms with E-state index in [1.54, 1.807) is 12.1 Å². The molecule has 0 radical (unpaired) electrons. The van der Waals surface area contributed by atoms with Crippen LogP contribution in [0.5, 0.6) is 0 Å². The predicted molar refractivity (Wildman–Crippen MR) is 141 cm³/mol. The number of thioether (sulfide) groups is 2. The molecular formula is C26H19ClN2O6S2. The number of benzene rings is 2. The number of halogens is 1. The molecule has 188 valence electrons. The van der Waals surface area contributed by atoms with Gasteiger partial charge in [-0.15, -0.1) is 23.4 Å². The van der Waals surface area contributed by atoms with E-state index in [-0.39, 0.29) is 18.0 Å². The zero-order chi connectivity index (χ0) is 25.7. The highest BCUT2D eigenvalue weighted by Crippen LogP contribution is 2.45. The fraction of sp³-hybridized carbons (Fsp3) is 0.192. The molecule has 6 rings (SSSR count). The minimum absolute atomic E-state index is 0.00829. The third-order valence-corrected chi connectivity index (χ3v) is 9.12. The van der Waals surface area contributed by atoms with E-state index in [4.69, 9.17) is 20.4 Å². The van der Waals surface area contributed by atoms with E-state index in [0.29, 0.717) is 27.9 Å². The van der Waals surface area contributed by atoms with E-state index < -0.39 is 23.3 Å². The first-order chi connectivity index (χ1) is 17.9. The number of furan rings is 2. The lowest BCUT2D eigenvalue weighted by molar-refractivity contribution is -0.150. The van der Waals surface area contributed by atoms with Gasteiger partial charge in [0.25, 0.3) is 5.91 Å². The summed E-state index contributed by atoms with van der Waals surface area (Å²) in [5, 5.41) is 14.2. The molecule has 0 saturated carbocycles. The lowest BCUT2D eigenvalue weighted by Gasteiger charge is -2.49. The van der Waals surface area contributed by atoms with E-state index in [9.17, 15) is 19.5 Å². The summed E-state index contributed by atoms with van der Waals surface area (Å²) in [5.41, 5.74) is 2.34. The molecule has 2 atom stereocenters. The van der Waals surface area contributed by atoms with Crippen LogP contribution in [-0.2, 0) is 26.7 Å². The third kappa shape index (κ3) is 4.28. The number of carboxylic acids is 1. The second-order valence-corrected chi connectivity index (χ2v) is 11.2. The molecule has 1 fully saturated rings. The molecule has 2 amide bonds. The number of aliphatic carboxylic acids is 1. The smallest absolute Gasteiger partial charge is 0.353 e. The number of nitrogens with one attached hydrogen (secondary N) is 1. The molecule has 2 aliphatic heterocycles. The fourth-order valence-electron chi connectivity index (χ4n) is 4.56. The highest BCUT2D eigenvalue weighted by atomic mass is 35.5. The number of hydrogen-bond donors (Lipinski definition) is 2. The minimum Gasteiger partial charge on any atom is -0.477 e. The largest absolute Gasteiger partial charge is 0.477 e. The van der Waals surface area contributed by atoms with Crippen molar-refractivity contribution in [1.82, 2.24) is 10.2 Å². The van der Waals surface area contributed by atoms with E-state index in [0.717, 1.165) is 26.8 Å². The van der Waals surface area contributed by atoms with Gasteiger partial charge in [-0.1, -0.05) is 23.9 Å². The Bertz CT molecular complexity index is 1600. The quantitative estimate of drug-likeness (QED) is 0.244. The molecule has 4 heterocycles. The van der Waals surface area contributed by atoms with Crippen LogP contribution in [0.1, 0.15) is 11.3 Å². The normalized spacial score (nSPS) is 19.3. The molecule has 4 aromatic rings. The fourth-order valence-corrected chi connectivity index (χ4v) is 7.22. The number of rotatable bonds is 7. The van der Waals surface area contributed by atoms with E-state index in [1.165, 1.54) is 34.7 Å². The number of hydrogen-bond acceptors (Lipinski definition) is 7. The molecule has 0 aliphatic carbocycles. The van der Waals surface area contributed by atoms with Crippen LogP contribution in [0.15, 0.2) is 79.1 Å². The summed E-state index contributed by atoms with van der Waals surface area (Å²) in [4.78, 5) is 40.1. The van der Waals surface area contributed by atoms with Crippen LogP contribution in [0.4, 0.5) is 0 Å². The monoisotopic (exact) mass is 554 g/mol. The number of fused-ring (bicyclic) bond motifs is 4. The highest BCUT2D eigenvalue weighted by molar-refractivity contribution is 8.06. The number of carbonyl (C=O) groups excluding carboxylic acids is 2. The van der Waals surface area contributed by atoms with Gasteiger partial charge in [-0.25, -0.2) is 4.79 Å². The molecule has 11 heteroatoms. The Morgan fingerprint density at radius 3 is 2.68 bits per heavy atom. The van der Waals surface area contributed by atoms with Crippen molar-refractivity contribution in [2.75, 3.05) is 5.75 Å². The van der Waals surface area contributed by atoms with Gasteiger partial charge < -0.3 is 19.3 Å². The zero-order valence-electron chi connectivity index (χ0n) is 19.1. The first-order valence-corrected chi connectivity index (χ1v) is 13.7. The molecule has 2 aromatic carbocycles. The molecule has 0 unspecified atom stereocenters. The van der Waals surface area contributed by atoms with Crippen LogP contribution < -0.4 is 5.32 Å². The van der Waals surface area contributed by atoms with Crippen LogP contribution in [0.25, 0.3) is 21.9 Å². The van der Waals surface area contributed by atoms with Gasteiger partial charge in [0.05, 0.1) is 12.7 Å². The van der Waals surface area contributed by atoms with Crippen molar-refractivity contribution in [1.29, 1.82) is 0 Å². The van der Waals surface area contributed by atoms with Gasteiger partial charge in [0.1, 0.15) is 34.0 Å². The van der Waals surface area contributed by atoms with Gasteiger partial charge in [-0.3, -0.25) is 14.5 Å². The summed E-state index contributed by atoms with van der Waals surface area (Å²) in [6.07, 6.45) is 1.48. The summed E-state index contributed by atoms with van der Waals surface area (Å²) >= 11 is 8.67. The maximum atomic E-state index is 12.9. The molecule has 0 spiro atoms. The molecule has 2 N–H and O–H groups in total. The Morgan fingerprint density at radius 1 is 1.16 bits per heavy atom. The minimum atomic E-state index is -1.18. The summed E-state index contributed by atoms with van der Waals surface area (Å²) in [6.45, 7) is 0. The average molecular weight is 555 g/mol. The number of carboxylic acid groups (broad SMARTS) is 1. The maximum absolute atomic E-state index is 12.9. The van der Waals surface area contributed by atoms with Gasteiger partial charge >= 0.3 is 5.97 Å². The Kier molecular flexibility index (Phi) is 6.18. The standard InChI is InChI=1S/C26H19ClN2O6S2/c27-11-13-3-5-16-17-6-4-15(10-19(17)35-18(16)8-13)37-20-12-36-25-22(24(31)29(25)23(20)26(32)33)28-21(30)9-14-2-1-7-34-14/h1-8,10,22,25H,9,11-12H2,(H,28,30)(H,32,33)/t22-,25+/m1/s1. The lowest BCUT2D eigenvalue weighted by atomic mass is 10.0. The van der Waals surface area contributed by atoms with Crippen LogP contribution in [0.2, 0.25) is 0 Å². The van der Waals surface area contributed by atoms with Crippen molar-refractivity contribution in [3.05, 3.63) is 76.7 Å². The molecule has 2 aromatic heterocycles. The summed E-state index contributed by atoms with van der Waals surface area (Å²) in [7, 11) is 0. The Labute approximate surface area is 224 Å². The highest BCUT2D eigenvalue weighted by Gasteiger charge is 2.54. The van der Waals surface area contributed by atoms with E-state index in [1.807, 2.05) is 36.4 Å². The maximum Gasteiger partial charge on any atom is 0.353 e. The first kappa shape index (κ1) is 24.0. The van der Waals surface area contributed by atoms with Crippen LogP contribution in [0, 0.1) is 0 Å². The summed E-state index contributed by atoms with van der Waals surface area (Å²) < 4.78 is 11.2. The van der Waals surface area contributed by atoms with Gasteiger partial charge in [0.15, 0.2) is 0 Å². The van der Waals surface area contributed by atoms with Crippen LogP contribution in [0.3, 0.4) is 0 Å². The van der Waals surface area contributed by atoms with Crippen molar-refractivity contribution in [3.8, 4) is 0 Å². The lowest BCUT2D eigenvalue weighted by Crippen LogP contribution is -2.70. The van der Waals surface area contributed by atoms with Crippen LogP contribution in [-0.4, -0.2) is 45.0 Å². The number of carbonyl (C=O) groups is 3. The molecule has 2 aliphatic rings. The molecular weight excluding hydrogens is 536 g/mol. The van der Waals surface area contributed by atoms with Gasteiger partial charge in [0, 0.05) is 32.2 Å². The average Bonchev–Trinajstić information content (AvgIpc) is 3.53. The van der Waals surface area contributed by atoms with Gasteiger partial charge in [-0.05, 0) is 42.0 Å². The third-order valence-electron chi connectivity index (χ3n) is 6.27. The van der Waals surface area contributed by atoms with Crippen LogP contribution >= 0.6 is 35.1 Å². The molecule has 0 bridgehead atoms. The molecule has 8 nitrogen and oxygen atoms in total. The van der Waals surface area contributed by atoms with E-state index in [2.05, 4.69) is 5.32 Å². The molecule has 37 heavy (non-hydrogen) atoms. The number of amides is 2. The van der Waals surface area contributed by atoms with Crippen molar-refractivity contribution in [2.45, 2.75) is 28.6 Å². The van der Waals surface area contributed by atoms with Crippen molar-refractivity contribution < 1.29 is 28.3 Å². The second kappa shape index (κ2) is 9.51. The number of β-lactam (4-membered cyclic amide) rings is 1. The van der Waals surface area contributed by atoms with E-state index >= 15 is 0 Å². The SMILES string of the molecule is O=C(Cc1ccco1)N[C@@H]1C(=O)N2C(C(=O)O)=C(Sc3ccc4c(c3)oc3cc(CCl)ccc34)CS[C@@H]12. The van der Waals surface area contributed by atoms with Crippen molar-refractivity contribution >= 4 is 74.8 Å². The molecule has 1 saturated heterocycles. The van der Waals surface area contributed by atoms with Gasteiger partial charge in [-0.2, -0.15) is 0 Å². The summed E-state index contributed by atoms with van der Waals surface area (Å²) in [6, 6.07) is 14.2. The van der Waals surface area contributed by atoms with Gasteiger partial charge in [0.2, 0.25) is 5.91 Å². The predicted octanol–water partition coefficient (Wildman–Crippen LogP) is 4.95. The van der Waals surface area contributed by atoms with Crippen molar-refractivity contribution in [3.63, 3.8) is 0 Å². The topological polar surface area (TPSA) is 113 Å². The number of alkyl halides is 1. The second-order valence-electron chi connectivity index (χ2n) is 8.61. The Hall–Kier alpha value is -3.34. The Balaban J connectivity index is 1.23. The van der Waals surface area contributed by atoms with Crippen molar-refractivity contribution in [2.24, 2.45) is 0 Å². The zero-order valence-corrected chi connectivity index (χ0v) is 21.5. The Morgan fingerprint density at radius 2 is 1.95 bits per heavy atom. The summed E-state index contributed by atoms with van der Waals surface area (Å²) in [5.74, 6) is -0.705.